The van der Waals surface area contributed by atoms with E-state index in [2.05, 4.69) is 6.58 Å². The Kier molecular flexibility index (Phi) is 5.55. The Morgan fingerprint density at radius 2 is 2.13 bits per heavy atom. The van der Waals surface area contributed by atoms with Gasteiger partial charge in [-0.05, 0) is 31.9 Å². The van der Waals surface area contributed by atoms with Gasteiger partial charge in [-0.25, -0.2) is 4.39 Å². The fourth-order valence-corrected chi connectivity index (χ4v) is 1.42. The van der Waals surface area contributed by atoms with Crippen LogP contribution >= 0.6 is 12.4 Å². The normalized spacial score (nSPS) is 11.7. The maximum absolute atomic E-state index is 13.4. The molecule has 1 aromatic carbocycles. The van der Waals surface area contributed by atoms with E-state index in [1.54, 1.807) is 6.07 Å². The molecule has 84 valence electrons. The monoisotopic (exact) mass is 229 g/mol. The molecule has 0 saturated carbocycles. The van der Waals surface area contributed by atoms with E-state index >= 15 is 0 Å². The van der Waals surface area contributed by atoms with Gasteiger partial charge in [0.2, 0.25) is 0 Å². The Labute approximate surface area is 96.6 Å². The molecule has 0 bridgehead atoms. The molecule has 1 aromatic rings. The molecule has 0 aromatic heterocycles. The van der Waals surface area contributed by atoms with Gasteiger partial charge < -0.3 is 5.73 Å². The first-order valence-electron chi connectivity index (χ1n) is 4.66. The van der Waals surface area contributed by atoms with Gasteiger partial charge in [-0.3, -0.25) is 0 Å². The summed E-state index contributed by atoms with van der Waals surface area (Å²) in [5.74, 6) is -0.223. The van der Waals surface area contributed by atoms with Crippen molar-refractivity contribution in [3.05, 3.63) is 47.3 Å². The van der Waals surface area contributed by atoms with Gasteiger partial charge in [-0.2, -0.15) is 0 Å². The molecule has 15 heavy (non-hydrogen) atoms. The summed E-state index contributed by atoms with van der Waals surface area (Å²) in [5, 5.41) is 0. The number of hydrogen-bond donors (Lipinski definition) is 1. The van der Waals surface area contributed by atoms with Crippen LogP contribution in [-0.4, -0.2) is 0 Å². The highest BCUT2D eigenvalue weighted by molar-refractivity contribution is 5.85. The molecule has 0 radical (unpaired) electrons. The van der Waals surface area contributed by atoms with Crippen LogP contribution in [0.3, 0.4) is 0 Å². The second-order valence-corrected chi connectivity index (χ2v) is 3.79. The predicted molar refractivity (Wildman–Crippen MR) is 64.7 cm³/mol. The second kappa shape index (κ2) is 5.89. The van der Waals surface area contributed by atoms with Crippen molar-refractivity contribution in [2.24, 2.45) is 5.73 Å². The van der Waals surface area contributed by atoms with E-state index in [-0.39, 0.29) is 24.3 Å². The largest absolute Gasteiger partial charge is 0.324 e. The minimum atomic E-state index is -0.284. The van der Waals surface area contributed by atoms with Crippen molar-refractivity contribution in [1.29, 1.82) is 0 Å². The van der Waals surface area contributed by atoms with Gasteiger partial charge >= 0.3 is 0 Å². The van der Waals surface area contributed by atoms with Gasteiger partial charge in [-0.15, -0.1) is 19.0 Å². The summed E-state index contributed by atoms with van der Waals surface area (Å²) in [7, 11) is 0. The van der Waals surface area contributed by atoms with Crippen molar-refractivity contribution in [1.82, 2.24) is 0 Å². The maximum Gasteiger partial charge on any atom is 0.128 e. The molecule has 0 aliphatic carbocycles. The lowest BCUT2D eigenvalue weighted by molar-refractivity contribution is 0.579. The van der Waals surface area contributed by atoms with Crippen molar-refractivity contribution < 1.29 is 4.39 Å². The molecule has 0 amide bonds. The average molecular weight is 230 g/mol. The highest BCUT2D eigenvalue weighted by atomic mass is 35.5. The maximum atomic E-state index is 13.4. The van der Waals surface area contributed by atoms with Crippen LogP contribution in [0.1, 0.15) is 30.5 Å². The van der Waals surface area contributed by atoms with E-state index in [0.717, 1.165) is 11.1 Å². The van der Waals surface area contributed by atoms with Crippen LogP contribution in [0, 0.1) is 12.7 Å². The molecular formula is C12H17ClFN. The Bertz CT molecular complexity index is 349. The number of benzene rings is 1. The number of hydrogen-bond acceptors (Lipinski definition) is 1. The standard InChI is InChI=1S/C12H16FN.ClH/c1-8(2)6-12(14)10-5-4-9(3)7-11(10)13;/h4-5,7,12H,1,6,14H2,2-3H3;1H/t12-;/m0./s1. The molecule has 1 atom stereocenters. The van der Waals surface area contributed by atoms with Gasteiger partial charge in [-0.1, -0.05) is 17.7 Å². The van der Waals surface area contributed by atoms with Crippen LogP contribution in [0.5, 0.6) is 0 Å². The first-order chi connectivity index (χ1) is 6.50. The molecule has 0 saturated heterocycles. The van der Waals surface area contributed by atoms with Gasteiger partial charge in [0, 0.05) is 11.6 Å². The summed E-state index contributed by atoms with van der Waals surface area (Å²) in [4.78, 5) is 0. The van der Waals surface area contributed by atoms with E-state index in [4.69, 9.17) is 5.73 Å². The molecule has 3 heteroatoms. The lowest BCUT2D eigenvalue weighted by Gasteiger charge is -2.13. The van der Waals surface area contributed by atoms with E-state index in [1.807, 2.05) is 19.9 Å². The fraction of sp³-hybridized carbons (Fsp3) is 0.333. The quantitative estimate of drug-likeness (QED) is 0.789. The first-order valence-corrected chi connectivity index (χ1v) is 4.66. The van der Waals surface area contributed by atoms with Crippen LogP contribution in [0.2, 0.25) is 0 Å². The van der Waals surface area contributed by atoms with Crippen molar-refractivity contribution >= 4 is 12.4 Å². The van der Waals surface area contributed by atoms with E-state index in [9.17, 15) is 4.39 Å². The third-order valence-corrected chi connectivity index (χ3v) is 2.12. The van der Waals surface area contributed by atoms with Crippen LogP contribution < -0.4 is 5.73 Å². The molecule has 0 spiro atoms. The average Bonchev–Trinajstić information content (AvgIpc) is 2.01. The molecule has 2 N–H and O–H groups in total. The molecule has 1 rings (SSSR count). The van der Waals surface area contributed by atoms with Crippen molar-refractivity contribution in [2.45, 2.75) is 26.3 Å². The third kappa shape index (κ3) is 4.02. The zero-order valence-corrected chi connectivity index (χ0v) is 9.90. The minimum Gasteiger partial charge on any atom is -0.324 e. The van der Waals surface area contributed by atoms with Crippen molar-refractivity contribution in [2.75, 3.05) is 0 Å². The number of halogens is 2. The SMILES string of the molecule is C=C(C)C[C@H](N)c1ccc(C)cc1F.Cl. The number of rotatable bonds is 3. The van der Waals surface area contributed by atoms with Gasteiger partial charge in [0.1, 0.15) is 5.82 Å². The molecule has 0 aliphatic heterocycles. The molecule has 1 nitrogen and oxygen atoms in total. The Balaban J connectivity index is 0.00000196. The van der Waals surface area contributed by atoms with Crippen molar-refractivity contribution in [3.63, 3.8) is 0 Å². The Hall–Kier alpha value is -0.860. The summed E-state index contributed by atoms with van der Waals surface area (Å²) in [6.45, 7) is 7.52. The molecular weight excluding hydrogens is 213 g/mol. The van der Waals surface area contributed by atoms with E-state index in [1.165, 1.54) is 6.07 Å². The predicted octanol–water partition coefficient (Wildman–Crippen LogP) is 3.52. The first kappa shape index (κ1) is 14.1. The second-order valence-electron chi connectivity index (χ2n) is 3.79. The molecule has 0 unspecified atom stereocenters. The van der Waals surface area contributed by atoms with E-state index in [0.29, 0.717) is 12.0 Å². The third-order valence-electron chi connectivity index (χ3n) is 2.12. The summed E-state index contributed by atoms with van der Waals surface area (Å²) in [6, 6.07) is 4.84. The minimum absolute atomic E-state index is 0. The zero-order valence-electron chi connectivity index (χ0n) is 9.09. The van der Waals surface area contributed by atoms with Crippen molar-refractivity contribution in [3.8, 4) is 0 Å². The molecule has 0 aliphatic rings. The summed E-state index contributed by atoms with van der Waals surface area (Å²) < 4.78 is 13.4. The van der Waals surface area contributed by atoms with Crippen LogP contribution in [0.4, 0.5) is 4.39 Å². The fourth-order valence-electron chi connectivity index (χ4n) is 1.42. The van der Waals surface area contributed by atoms with Crippen LogP contribution in [-0.2, 0) is 0 Å². The van der Waals surface area contributed by atoms with Crippen LogP contribution in [0.15, 0.2) is 30.4 Å². The highest BCUT2D eigenvalue weighted by Gasteiger charge is 2.10. The van der Waals surface area contributed by atoms with Gasteiger partial charge in [0.15, 0.2) is 0 Å². The van der Waals surface area contributed by atoms with E-state index < -0.39 is 0 Å². The lowest BCUT2D eigenvalue weighted by Crippen LogP contribution is -2.12. The number of aryl methyl sites for hydroxylation is 1. The summed E-state index contributed by atoms with van der Waals surface area (Å²) in [5.41, 5.74) is 8.29. The number of nitrogens with two attached hydrogens (primary N) is 1. The Morgan fingerprint density at radius 3 is 2.60 bits per heavy atom. The Morgan fingerprint density at radius 1 is 1.53 bits per heavy atom. The van der Waals surface area contributed by atoms with Gasteiger partial charge in [0.05, 0.1) is 0 Å². The smallest absolute Gasteiger partial charge is 0.128 e. The summed E-state index contributed by atoms with van der Waals surface area (Å²) in [6.07, 6.45) is 0.625. The van der Waals surface area contributed by atoms with Gasteiger partial charge in [0.25, 0.3) is 0 Å². The highest BCUT2D eigenvalue weighted by Crippen LogP contribution is 2.21. The lowest BCUT2D eigenvalue weighted by atomic mass is 10.00. The zero-order chi connectivity index (χ0) is 10.7. The van der Waals surface area contributed by atoms with Crippen LogP contribution in [0.25, 0.3) is 0 Å². The topological polar surface area (TPSA) is 26.0 Å². The molecule has 0 fully saturated rings. The summed E-state index contributed by atoms with van der Waals surface area (Å²) >= 11 is 0. The molecule has 0 heterocycles.